The van der Waals surface area contributed by atoms with Crippen molar-refractivity contribution in [1.29, 1.82) is 5.26 Å². The molecule has 118 valence electrons. The van der Waals surface area contributed by atoms with E-state index in [1.807, 2.05) is 6.07 Å². The van der Waals surface area contributed by atoms with Gasteiger partial charge in [-0.3, -0.25) is 4.79 Å². The maximum absolute atomic E-state index is 12.2. The highest BCUT2D eigenvalue weighted by molar-refractivity contribution is 6.39. The van der Waals surface area contributed by atoms with Gasteiger partial charge in [0, 0.05) is 5.69 Å². The first-order valence-corrected chi connectivity index (χ1v) is 7.39. The summed E-state index contributed by atoms with van der Waals surface area (Å²) >= 11 is 11.8. The average molecular weight is 350 g/mol. The number of hydrogen-bond donors (Lipinski definition) is 2. The maximum atomic E-state index is 12.2. The average Bonchev–Trinajstić information content (AvgIpc) is 2.53. The molecule has 0 radical (unpaired) electrons. The fourth-order valence-electron chi connectivity index (χ4n) is 1.81. The Bertz CT molecular complexity index is 764. The fraction of sp³-hybridized carbons (Fsp3) is 0.125. The lowest BCUT2D eigenvalue weighted by Crippen LogP contribution is -2.30. The van der Waals surface area contributed by atoms with Gasteiger partial charge in [0.2, 0.25) is 0 Å². The Labute approximate surface area is 143 Å². The van der Waals surface area contributed by atoms with Crippen LogP contribution in [0.4, 0.5) is 11.4 Å². The number of nitrogens with two attached hydrogens (primary N) is 1. The van der Waals surface area contributed by atoms with E-state index >= 15 is 0 Å². The fourth-order valence-corrected chi connectivity index (χ4v) is 2.29. The summed E-state index contributed by atoms with van der Waals surface area (Å²) in [6, 6.07) is 11.7. The topological polar surface area (TPSA) is 88.1 Å². The van der Waals surface area contributed by atoms with Gasteiger partial charge in [-0.15, -0.1) is 0 Å². The third-order valence-electron chi connectivity index (χ3n) is 3.03. The molecule has 0 bridgehead atoms. The number of nitrogens with zero attached hydrogens (tertiary/aromatic N) is 1. The Morgan fingerprint density at radius 2 is 1.91 bits per heavy atom. The van der Waals surface area contributed by atoms with Gasteiger partial charge in [-0.25, -0.2) is 0 Å². The van der Waals surface area contributed by atoms with Crippen molar-refractivity contribution in [2.45, 2.75) is 13.0 Å². The summed E-state index contributed by atoms with van der Waals surface area (Å²) in [5.41, 5.74) is 6.65. The van der Waals surface area contributed by atoms with Crippen molar-refractivity contribution in [3.8, 4) is 11.8 Å². The van der Waals surface area contributed by atoms with Gasteiger partial charge in [0.1, 0.15) is 11.8 Å². The number of nitrogens with one attached hydrogen (secondary N) is 1. The highest BCUT2D eigenvalue weighted by Gasteiger charge is 2.17. The van der Waals surface area contributed by atoms with Crippen molar-refractivity contribution in [3.63, 3.8) is 0 Å². The van der Waals surface area contributed by atoms with Crippen molar-refractivity contribution in [3.05, 3.63) is 52.0 Å². The molecule has 0 aliphatic heterocycles. The molecule has 0 fully saturated rings. The van der Waals surface area contributed by atoms with Gasteiger partial charge in [-0.05, 0) is 31.2 Å². The molecule has 0 aliphatic carbocycles. The monoisotopic (exact) mass is 349 g/mol. The van der Waals surface area contributed by atoms with E-state index in [-0.39, 0.29) is 15.7 Å². The normalized spacial score (nSPS) is 11.4. The van der Waals surface area contributed by atoms with Gasteiger partial charge in [-0.2, -0.15) is 5.26 Å². The highest BCUT2D eigenvalue weighted by Crippen LogP contribution is 2.31. The number of halogens is 2. The largest absolute Gasteiger partial charge is 0.480 e. The zero-order valence-corrected chi connectivity index (χ0v) is 13.7. The summed E-state index contributed by atoms with van der Waals surface area (Å²) in [6.07, 6.45) is -0.820. The van der Waals surface area contributed by atoms with E-state index in [0.717, 1.165) is 0 Å². The van der Waals surface area contributed by atoms with E-state index < -0.39 is 12.0 Å². The van der Waals surface area contributed by atoms with Crippen molar-refractivity contribution >= 4 is 40.5 Å². The van der Waals surface area contributed by atoms with Gasteiger partial charge in [-0.1, -0.05) is 35.3 Å². The van der Waals surface area contributed by atoms with Crippen LogP contribution in [-0.2, 0) is 4.79 Å². The summed E-state index contributed by atoms with van der Waals surface area (Å²) in [5.74, 6) is -0.0688. The standard InChI is InChI=1S/C16H13Cl2N3O2/c1-9(23-14-5-3-2-4-10(14)8-19)16(22)21-11-6-12(17)15(20)13(18)7-11/h2-7,9H,20H2,1H3,(H,21,22)/t9-/m0/s1. The number of rotatable bonds is 4. The van der Waals surface area contributed by atoms with E-state index in [0.29, 0.717) is 17.0 Å². The molecule has 5 nitrogen and oxygen atoms in total. The molecule has 0 saturated heterocycles. The first-order chi connectivity index (χ1) is 10.9. The Morgan fingerprint density at radius 1 is 1.30 bits per heavy atom. The summed E-state index contributed by atoms with van der Waals surface area (Å²) < 4.78 is 5.53. The molecule has 0 aromatic heterocycles. The molecule has 2 rings (SSSR count). The van der Waals surface area contributed by atoms with Crippen molar-refractivity contribution in [2.75, 3.05) is 11.1 Å². The first-order valence-electron chi connectivity index (χ1n) is 6.63. The van der Waals surface area contributed by atoms with E-state index in [2.05, 4.69) is 5.32 Å². The van der Waals surface area contributed by atoms with Crippen LogP contribution >= 0.6 is 23.2 Å². The number of anilines is 2. The third-order valence-corrected chi connectivity index (χ3v) is 3.65. The van der Waals surface area contributed by atoms with Crippen LogP contribution in [0.3, 0.4) is 0 Å². The number of para-hydroxylation sites is 1. The molecule has 23 heavy (non-hydrogen) atoms. The minimum Gasteiger partial charge on any atom is -0.480 e. The molecule has 0 spiro atoms. The molecule has 2 aromatic carbocycles. The number of hydrogen-bond acceptors (Lipinski definition) is 4. The SMILES string of the molecule is C[C@H](Oc1ccccc1C#N)C(=O)Nc1cc(Cl)c(N)c(Cl)c1. The lowest BCUT2D eigenvalue weighted by molar-refractivity contribution is -0.122. The number of carbonyl (C=O) groups excluding carboxylic acids is 1. The number of ether oxygens (including phenoxy) is 1. The van der Waals surface area contributed by atoms with Crippen LogP contribution in [0.5, 0.6) is 5.75 Å². The molecule has 1 atom stereocenters. The molecule has 2 aromatic rings. The van der Waals surface area contributed by atoms with Gasteiger partial charge in [0.15, 0.2) is 6.10 Å². The molecule has 0 saturated carbocycles. The summed E-state index contributed by atoms with van der Waals surface area (Å²) in [5, 5.41) is 12.2. The van der Waals surface area contributed by atoms with Crippen molar-refractivity contribution < 1.29 is 9.53 Å². The van der Waals surface area contributed by atoms with E-state index in [4.69, 9.17) is 38.9 Å². The van der Waals surface area contributed by atoms with Gasteiger partial charge in [0.25, 0.3) is 5.91 Å². The molecule has 0 unspecified atom stereocenters. The third kappa shape index (κ3) is 4.07. The predicted octanol–water partition coefficient (Wildman–Crippen LogP) is 3.85. The van der Waals surface area contributed by atoms with Crippen molar-refractivity contribution in [2.24, 2.45) is 0 Å². The van der Waals surface area contributed by atoms with Crippen LogP contribution < -0.4 is 15.8 Å². The lowest BCUT2D eigenvalue weighted by atomic mass is 10.2. The number of amides is 1. The van der Waals surface area contributed by atoms with Crippen LogP contribution in [0.15, 0.2) is 36.4 Å². The van der Waals surface area contributed by atoms with Crippen LogP contribution in [-0.4, -0.2) is 12.0 Å². The minimum absolute atomic E-state index is 0.246. The Morgan fingerprint density at radius 3 is 2.52 bits per heavy atom. The highest BCUT2D eigenvalue weighted by atomic mass is 35.5. The molecule has 3 N–H and O–H groups in total. The van der Waals surface area contributed by atoms with Crippen molar-refractivity contribution in [1.82, 2.24) is 0 Å². The van der Waals surface area contributed by atoms with Crippen LogP contribution in [0.2, 0.25) is 10.0 Å². The molecular weight excluding hydrogens is 337 g/mol. The lowest BCUT2D eigenvalue weighted by Gasteiger charge is -2.16. The number of benzene rings is 2. The second-order valence-electron chi connectivity index (χ2n) is 4.71. The summed E-state index contributed by atoms with van der Waals surface area (Å²) in [7, 11) is 0. The number of carbonyl (C=O) groups is 1. The first kappa shape index (κ1) is 16.9. The van der Waals surface area contributed by atoms with Gasteiger partial charge in [0.05, 0.1) is 21.3 Å². The van der Waals surface area contributed by atoms with Gasteiger partial charge < -0.3 is 15.8 Å². The smallest absolute Gasteiger partial charge is 0.265 e. The van der Waals surface area contributed by atoms with Crippen LogP contribution in [0, 0.1) is 11.3 Å². The van der Waals surface area contributed by atoms with Gasteiger partial charge >= 0.3 is 0 Å². The molecule has 0 heterocycles. The molecule has 0 aliphatic rings. The Kier molecular flexibility index (Phi) is 5.32. The second-order valence-corrected chi connectivity index (χ2v) is 5.53. The quantitative estimate of drug-likeness (QED) is 0.820. The number of nitrogen functional groups attached to an aromatic ring is 1. The van der Waals surface area contributed by atoms with Crippen LogP contribution in [0.25, 0.3) is 0 Å². The number of nitriles is 1. The van der Waals surface area contributed by atoms with E-state index in [9.17, 15) is 4.79 Å². The molecule has 7 heteroatoms. The molecule has 1 amide bonds. The zero-order valence-electron chi connectivity index (χ0n) is 12.1. The van der Waals surface area contributed by atoms with E-state index in [1.54, 1.807) is 31.2 Å². The van der Waals surface area contributed by atoms with E-state index in [1.165, 1.54) is 12.1 Å². The maximum Gasteiger partial charge on any atom is 0.265 e. The second kappa shape index (κ2) is 7.23. The predicted molar refractivity (Wildman–Crippen MR) is 90.8 cm³/mol. The summed E-state index contributed by atoms with van der Waals surface area (Å²) in [4.78, 5) is 12.2. The Balaban J connectivity index is 2.10. The van der Waals surface area contributed by atoms with Crippen LogP contribution in [0.1, 0.15) is 12.5 Å². The Hall–Kier alpha value is -2.42. The molecular formula is C16H13Cl2N3O2. The summed E-state index contributed by atoms with van der Waals surface area (Å²) in [6.45, 7) is 1.57. The minimum atomic E-state index is -0.820. The zero-order chi connectivity index (χ0) is 17.0.